The van der Waals surface area contributed by atoms with Gasteiger partial charge in [0.05, 0.1) is 17.8 Å². The van der Waals surface area contributed by atoms with Crippen LogP contribution in [0.15, 0.2) is 17.8 Å². The van der Waals surface area contributed by atoms with E-state index in [1.54, 1.807) is 0 Å². The Hall–Kier alpha value is 3.14. The van der Waals surface area contributed by atoms with E-state index in [-0.39, 0.29) is 136 Å². The SMILES string of the molecule is CC(C)=CCC[C@@]1(C)O[C@@H]1Cn1cc(CC(P(=O)([O-])[O-])P(=O)([O-])[O-])nn1.[Na+].[Na+].[Na+].[Na+]. The first kappa shape index (κ1) is 37.7. The van der Waals surface area contributed by atoms with Gasteiger partial charge in [-0.1, -0.05) is 32.1 Å². The van der Waals surface area contributed by atoms with Crippen LogP contribution in [0.4, 0.5) is 0 Å². The van der Waals surface area contributed by atoms with E-state index in [1.807, 2.05) is 20.8 Å². The van der Waals surface area contributed by atoms with Crippen molar-refractivity contribution >= 4 is 15.2 Å². The van der Waals surface area contributed by atoms with Gasteiger partial charge in [-0.2, -0.15) is 0 Å². The summed E-state index contributed by atoms with van der Waals surface area (Å²) in [4.78, 5) is 44.1. The van der Waals surface area contributed by atoms with Crippen LogP contribution < -0.4 is 138 Å². The second kappa shape index (κ2) is 15.3. The molecule has 1 saturated heterocycles. The van der Waals surface area contributed by atoms with Gasteiger partial charge >= 0.3 is 118 Å². The third kappa shape index (κ3) is 12.2. The molecule has 0 aliphatic carbocycles. The van der Waals surface area contributed by atoms with Crippen LogP contribution in [0.1, 0.15) is 39.3 Å². The van der Waals surface area contributed by atoms with Gasteiger partial charge in [0.15, 0.2) is 0 Å². The Morgan fingerprint density at radius 2 is 1.73 bits per heavy atom. The second-order valence-electron chi connectivity index (χ2n) is 6.94. The number of hydrogen-bond acceptors (Lipinski definition) is 9. The average molecular weight is 497 g/mol. The van der Waals surface area contributed by atoms with Gasteiger partial charge in [0.1, 0.15) is 6.10 Å². The van der Waals surface area contributed by atoms with E-state index in [0.29, 0.717) is 6.54 Å². The molecule has 0 bridgehead atoms. The fraction of sp³-hybridized carbons (Fsp3) is 0.714. The Morgan fingerprint density at radius 1 is 1.20 bits per heavy atom. The van der Waals surface area contributed by atoms with E-state index in [2.05, 4.69) is 16.4 Å². The minimum Gasteiger partial charge on any atom is -0.810 e. The van der Waals surface area contributed by atoms with Gasteiger partial charge in [0.25, 0.3) is 0 Å². The normalized spacial score (nSPS) is 20.2. The molecular weight excluding hydrogens is 476 g/mol. The molecule has 0 amide bonds. The van der Waals surface area contributed by atoms with Gasteiger partial charge in [-0.3, -0.25) is 0 Å². The maximum Gasteiger partial charge on any atom is 1.00 e. The molecule has 1 aliphatic rings. The maximum absolute atomic E-state index is 11.0. The number of ether oxygens (including phenoxy) is 1. The summed E-state index contributed by atoms with van der Waals surface area (Å²) in [5.41, 5.74) is 0.880. The van der Waals surface area contributed by atoms with Crippen molar-refractivity contribution in [2.75, 3.05) is 0 Å². The number of hydrogen-bond donors (Lipinski definition) is 0. The average Bonchev–Trinajstić information content (AvgIpc) is 2.88. The third-order valence-electron chi connectivity index (χ3n) is 4.29. The first-order valence-corrected chi connectivity index (χ1v) is 11.3. The summed E-state index contributed by atoms with van der Waals surface area (Å²) in [5, 5.41) is 4.86. The van der Waals surface area contributed by atoms with Crippen molar-refractivity contribution < 1.29 is 152 Å². The van der Waals surface area contributed by atoms with Crippen molar-refractivity contribution in [3.05, 3.63) is 23.5 Å². The van der Waals surface area contributed by atoms with Crippen LogP contribution in [0, 0.1) is 0 Å². The fourth-order valence-electron chi connectivity index (χ4n) is 2.66. The smallest absolute Gasteiger partial charge is 0.810 e. The first-order valence-electron chi connectivity index (χ1n) is 8.05. The van der Waals surface area contributed by atoms with Crippen molar-refractivity contribution in [1.82, 2.24) is 15.0 Å². The number of nitrogens with zero attached hydrogens (tertiary/aromatic N) is 3. The summed E-state index contributed by atoms with van der Waals surface area (Å²) >= 11 is 0. The van der Waals surface area contributed by atoms with Crippen LogP contribution in [0.25, 0.3) is 0 Å². The quantitative estimate of drug-likeness (QED) is 0.139. The predicted molar refractivity (Wildman–Crippen MR) is 84.7 cm³/mol. The summed E-state index contributed by atoms with van der Waals surface area (Å²) in [5.74, 6) is 0. The molecule has 0 N–H and O–H groups in total. The zero-order valence-electron chi connectivity index (χ0n) is 18.7. The van der Waals surface area contributed by atoms with Crippen LogP contribution in [0.3, 0.4) is 0 Å². The van der Waals surface area contributed by atoms with Crippen molar-refractivity contribution in [2.45, 2.75) is 63.7 Å². The van der Waals surface area contributed by atoms with Crippen molar-refractivity contribution in [3.8, 4) is 0 Å². The van der Waals surface area contributed by atoms with Gasteiger partial charge in [-0.15, -0.1) is 5.10 Å². The largest absolute Gasteiger partial charge is 1.00 e. The Balaban J connectivity index is -0.00000182. The van der Waals surface area contributed by atoms with Crippen molar-refractivity contribution in [2.24, 2.45) is 0 Å². The minimum atomic E-state index is -5.61. The molecule has 1 aromatic heterocycles. The summed E-state index contributed by atoms with van der Waals surface area (Å²) < 4.78 is 29.1. The molecule has 10 nitrogen and oxygen atoms in total. The van der Waals surface area contributed by atoms with E-state index in [4.69, 9.17) is 4.74 Å². The van der Waals surface area contributed by atoms with Gasteiger partial charge in [0, 0.05) is 18.0 Å². The first-order chi connectivity index (χ1) is 11.8. The van der Waals surface area contributed by atoms with Gasteiger partial charge in [-0.25, -0.2) is 4.68 Å². The number of epoxide rings is 1. The minimum absolute atomic E-state index is 0. The molecule has 0 aromatic carbocycles. The number of aromatic nitrogens is 3. The molecule has 2 atom stereocenters. The molecule has 0 unspecified atom stereocenters. The van der Waals surface area contributed by atoms with Crippen LogP contribution >= 0.6 is 15.2 Å². The van der Waals surface area contributed by atoms with Crippen LogP contribution in [0.5, 0.6) is 0 Å². The van der Waals surface area contributed by atoms with E-state index < -0.39 is 27.0 Å². The third-order valence-corrected chi connectivity index (χ3v) is 7.81. The predicted octanol–water partition coefficient (Wildman–Crippen LogP) is -13.1. The number of allylic oxidation sites excluding steroid dienone is 2. The summed E-state index contributed by atoms with van der Waals surface area (Å²) in [6.07, 6.45) is 4.23. The Morgan fingerprint density at radius 3 is 2.20 bits per heavy atom. The molecule has 2 heterocycles. The van der Waals surface area contributed by atoms with Crippen LogP contribution in [0.2, 0.25) is 0 Å². The van der Waals surface area contributed by atoms with Gasteiger partial charge in [0.2, 0.25) is 0 Å². The molecule has 0 saturated carbocycles. The van der Waals surface area contributed by atoms with Crippen molar-refractivity contribution in [1.29, 1.82) is 0 Å². The molecule has 2 rings (SSSR count). The fourth-order valence-corrected chi connectivity index (χ4v) is 4.87. The molecule has 0 spiro atoms. The summed E-state index contributed by atoms with van der Waals surface area (Å²) in [6.45, 7) is 6.36. The molecule has 1 fully saturated rings. The van der Waals surface area contributed by atoms with Crippen LogP contribution in [-0.4, -0.2) is 32.1 Å². The monoisotopic (exact) mass is 497 g/mol. The Kier molecular flexibility index (Phi) is 19.2. The molecule has 148 valence electrons. The van der Waals surface area contributed by atoms with E-state index in [1.165, 1.54) is 16.5 Å². The van der Waals surface area contributed by atoms with Gasteiger partial charge < -0.3 is 33.4 Å². The Bertz CT molecular complexity index is 759. The standard InChI is InChI=1S/C14H25N3O7P2.4Na/c1-10(2)5-4-6-14(3)12(24-14)9-17-8-11(15-16-17)7-13(25(18,19)20)26(21,22)23;;;;/h5,8,12-13H,4,6-7,9H2,1-3H3,(H2,18,19,20)(H2,21,22,23);;;;/q;4*+1/p-4/t12-,14-;;;;/m1..../s1. The molecule has 1 aliphatic heterocycles. The Labute approximate surface area is 265 Å². The summed E-state index contributed by atoms with van der Waals surface area (Å²) in [6, 6.07) is 0. The van der Waals surface area contributed by atoms with E-state index in [9.17, 15) is 28.7 Å². The van der Waals surface area contributed by atoms with Crippen molar-refractivity contribution in [3.63, 3.8) is 0 Å². The topological polar surface area (TPSA) is 170 Å². The summed E-state index contributed by atoms with van der Waals surface area (Å²) in [7, 11) is -11.2. The van der Waals surface area contributed by atoms with E-state index >= 15 is 0 Å². The molecule has 0 radical (unpaired) electrons. The molecular formula is C14H21N3Na4O7P2. The van der Waals surface area contributed by atoms with Gasteiger partial charge in [-0.05, 0) is 33.6 Å². The maximum atomic E-state index is 11.0. The second-order valence-corrected chi connectivity index (χ2v) is 10.7. The zero-order chi connectivity index (χ0) is 19.8. The molecule has 1 aromatic rings. The zero-order valence-corrected chi connectivity index (χ0v) is 28.5. The van der Waals surface area contributed by atoms with Crippen LogP contribution in [-0.2, 0) is 26.8 Å². The molecule has 16 heteroatoms. The molecule has 30 heavy (non-hydrogen) atoms. The van der Waals surface area contributed by atoms with E-state index in [0.717, 1.165) is 12.8 Å². The number of rotatable bonds is 9.